The molecule has 3 heterocycles. The van der Waals surface area contributed by atoms with Gasteiger partial charge in [-0.3, -0.25) is 4.79 Å². The molecule has 0 N–H and O–H groups in total. The highest BCUT2D eigenvalue weighted by atomic mass is 16.6. The molecule has 0 atom stereocenters. The number of hydrogen-bond donors (Lipinski definition) is 0. The first kappa shape index (κ1) is 14.6. The van der Waals surface area contributed by atoms with Gasteiger partial charge in [0.2, 0.25) is 5.91 Å². The smallest absolute Gasteiger partial charge is 0.246 e. The molecule has 4 rings (SSSR count). The molecule has 0 aliphatic carbocycles. The van der Waals surface area contributed by atoms with Crippen LogP contribution < -0.4 is 4.90 Å². The van der Waals surface area contributed by atoms with Gasteiger partial charge in [-0.05, 0) is 24.2 Å². The van der Waals surface area contributed by atoms with Gasteiger partial charge in [0.15, 0.2) is 5.82 Å². The summed E-state index contributed by atoms with van der Waals surface area (Å²) in [6.07, 6.45) is 0. The van der Waals surface area contributed by atoms with Crippen molar-refractivity contribution in [1.82, 2.24) is 30.2 Å². The average molecular weight is 327 g/mol. The maximum Gasteiger partial charge on any atom is 0.246 e. The van der Waals surface area contributed by atoms with Crippen molar-refractivity contribution in [3.63, 3.8) is 0 Å². The van der Waals surface area contributed by atoms with Crippen molar-refractivity contribution >= 4 is 22.8 Å². The van der Waals surface area contributed by atoms with Gasteiger partial charge < -0.3 is 9.80 Å². The number of hydrogen-bond acceptors (Lipinski definition) is 7. The fraction of sp³-hybridized carbons (Fsp3) is 0.400. The van der Waals surface area contributed by atoms with E-state index < -0.39 is 0 Å². The van der Waals surface area contributed by atoms with Crippen molar-refractivity contribution in [1.29, 1.82) is 0 Å². The van der Waals surface area contributed by atoms with Crippen molar-refractivity contribution in [2.45, 2.75) is 13.5 Å². The molecule has 9 heteroatoms. The Morgan fingerprint density at radius 1 is 1.08 bits per heavy atom. The Bertz CT molecular complexity index is 830. The van der Waals surface area contributed by atoms with E-state index >= 15 is 0 Å². The number of piperazine rings is 1. The Hall–Kier alpha value is -2.97. The first-order chi connectivity index (χ1) is 11.7. The summed E-state index contributed by atoms with van der Waals surface area (Å²) in [5.74, 6) is 0.770. The molecule has 0 bridgehead atoms. The van der Waals surface area contributed by atoms with E-state index in [1.807, 2.05) is 36.1 Å². The van der Waals surface area contributed by atoms with E-state index in [9.17, 15) is 4.79 Å². The number of aromatic nitrogens is 5. The minimum absolute atomic E-state index is 0.0185. The van der Waals surface area contributed by atoms with Crippen LogP contribution in [0.1, 0.15) is 5.69 Å². The van der Waals surface area contributed by atoms with Crippen LogP contribution in [0.2, 0.25) is 0 Å². The van der Waals surface area contributed by atoms with Crippen molar-refractivity contribution in [2.24, 2.45) is 0 Å². The molecule has 1 aliphatic heterocycles. The van der Waals surface area contributed by atoms with Gasteiger partial charge in [0.1, 0.15) is 23.3 Å². The molecule has 0 spiro atoms. The molecular weight excluding hydrogens is 310 g/mol. The quantitative estimate of drug-likeness (QED) is 0.690. The zero-order chi connectivity index (χ0) is 16.5. The Kier molecular flexibility index (Phi) is 3.60. The van der Waals surface area contributed by atoms with Crippen LogP contribution in [0.3, 0.4) is 0 Å². The number of carbonyl (C=O) groups is 1. The van der Waals surface area contributed by atoms with Crippen LogP contribution in [0.25, 0.3) is 11.0 Å². The number of fused-ring (bicyclic) bond motifs is 1. The second-order valence-corrected chi connectivity index (χ2v) is 5.76. The SMILES string of the molecule is Cc1nonc1N1CCN(C(=O)Cn2nc3ccccc3n2)CC1. The predicted octanol–water partition coefficient (Wildman–Crippen LogP) is 0.472. The van der Waals surface area contributed by atoms with E-state index in [1.165, 1.54) is 4.80 Å². The maximum atomic E-state index is 12.5. The molecule has 0 radical (unpaired) electrons. The first-order valence-corrected chi connectivity index (χ1v) is 7.82. The van der Waals surface area contributed by atoms with E-state index in [1.54, 1.807) is 0 Å². The van der Waals surface area contributed by atoms with E-state index in [-0.39, 0.29) is 12.5 Å². The third-order valence-electron chi connectivity index (χ3n) is 4.17. The van der Waals surface area contributed by atoms with Gasteiger partial charge in [-0.15, -0.1) is 0 Å². The van der Waals surface area contributed by atoms with Gasteiger partial charge in [0.25, 0.3) is 0 Å². The molecule has 24 heavy (non-hydrogen) atoms. The van der Waals surface area contributed by atoms with E-state index in [0.29, 0.717) is 26.2 Å². The Morgan fingerprint density at radius 3 is 2.33 bits per heavy atom. The molecule has 3 aromatic rings. The summed E-state index contributed by atoms with van der Waals surface area (Å²) in [6.45, 7) is 4.68. The van der Waals surface area contributed by atoms with Crippen LogP contribution in [-0.4, -0.2) is 62.3 Å². The van der Waals surface area contributed by atoms with Gasteiger partial charge in [0.05, 0.1) is 0 Å². The zero-order valence-electron chi connectivity index (χ0n) is 13.3. The second-order valence-electron chi connectivity index (χ2n) is 5.76. The Morgan fingerprint density at radius 2 is 1.75 bits per heavy atom. The molecule has 0 unspecified atom stereocenters. The highest BCUT2D eigenvalue weighted by molar-refractivity contribution is 5.77. The topological polar surface area (TPSA) is 93.2 Å². The molecule has 0 saturated carbocycles. The summed E-state index contributed by atoms with van der Waals surface area (Å²) in [7, 11) is 0. The van der Waals surface area contributed by atoms with E-state index in [2.05, 4.69) is 25.4 Å². The van der Waals surface area contributed by atoms with Gasteiger partial charge in [-0.1, -0.05) is 17.3 Å². The van der Waals surface area contributed by atoms with Gasteiger partial charge >= 0.3 is 0 Å². The lowest BCUT2D eigenvalue weighted by Crippen LogP contribution is -2.50. The second kappa shape index (κ2) is 5.91. The van der Waals surface area contributed by atoms with Crippen molar-refractivity contribution in [2.75, 3.05) is 31.1 Å². The fourth-order valence-electron chi connectivity index (χ4n) is 2.88. The lowest BCUT2D eigenvalue weighted by atomic mass is 10.3. The van der Waals surface area contributed by atoms with Crippen molar-refractivity contribution in [3.8, 4) is 0 Å². The third-order valence-corrected chi connectivity index (χ3v) is 4.17. The minimum Gasteiger partial charge on any atom is -0.349 e. The zero-order valence-corrected chi connectivity index (χ0v) is 13.3. The molecule has 1 saturated heterocycles. The summed E-state index contributed by atoms with van der Waals surface area (Å²) >= 11 is 0. The highest BCUT2D eigenvalue weighted by Gasteiger charge is 2.24. The predicted molar refractivity (Wildman–Crippen MR) is 85.4 cm³/mol. The lowest BCUT2D eigenvalue weighted by Gasteiger charge is -2.34. The van der Waals surface area contributed by atoms with Crippen LogP contribution in [0, 0.1) is 6.92 Å². The number of benzene rings is 1. The summed E-state index contributed by atoms with van der Waals surface area (Å²) in [6, 6.07) is 7.58. The van der Waals surface area contributed by atoms with E-state index in [0.717, 1.165) is 22.5 Å². The molecule has 124 valence electrons. The third kappa shape index (κ3) is 2.68. The van der Waals surface area contributed by atoms with Crippen LogP contribution in [0.4, 0.5) is 5.82 Å². The van der Waals surface area contributed by atoms with Crippen molar-refractivity contribution < 1.29 is 9.42 Å². The molecule has 9 nitrogen and oxygen atoms in total. The van der Waals surface area contributed by atoms with Crippen LogP contribution in [-0.2, 0) is 11.3 Å². The summed E-state index contributed by atoms with van der Waals surface area (Å²) in [5.41, 5.74) is 2.36. The van der Waals surface area contributed by atoms with Crippen LogP contribution in [0.15, 0.2) is 28.9 Å². The standard InChI is InChI=1S/C15H17N7O2/c1-11-15(19-24-18-11)21-8-6-20(7-9-21)14(23)10-22-16-12-4-2-3-5-13(12)17-22/h2-5H,6-10H2,1H3. The Labute approximate surface area is 137 Å². The highest BCUT2D eigenvalue weighted by Crippen LogP contribution is 2.17. The van der Waals surface area contributed by atoms with Crippen LogP contribution in [0.5, 0.6) is 0 Å². The van der Waals surface area contributed by atoms with Gasteiger partial charge in [0, 0.05) is 26.2 Å². The van der Waals surface area contributed by atoms with Gasteiger partial charge in [-0.2, -0.15) is 15.0 Å². The summed E-state index contributed by atoms with van der Waals surface area (Å²) in [4.78, 5) is 17.8. The first-order valence-electron chi connectivity index (χ1n) is 7.82. The van der Waals surface area contributed by atoms with Gasteiger partial charge in [-0.25, -0.2) is 4.63 Å². The number of aryl methyl sites for hydroxylation is 1. The average Bonchev–Trinajstić information content (AvgIpc) is 3.20. The monoisotopic (exact) mass is 327 g/mol. The summed E-state index contributed by atoms with van der Waals surface area (Å²) < 4.78 is 4.74. The number of amides is 1. The molecule has 1 aliphatic rings. The summed E-state index contributed by atoms with van der Waals surface area (Å²) in [5, 5.41) is 16.4. The molecular formula is C15H17N7O2. The number of carbonyl (C=O) groups excluding carboxylic acids is 1. The molecule has 1 amide bonds. The lowest BCUT2D eigenvalue weighted by molar-refractivity contribution is -0.132. The Balaban J connectivity index is 1.38. The molecule has 2 aromatic heterocycles. The van der Waals surface area contributed by atoms with Crippen molar-refractivity contribution in [3.05, 3.63) is 30.0 Å². The largest absolute Gasteiger partial charge is 0.349 e. The normalized spacial score (nSPS) is 15.2. The fourth-order valence-corrected chi connectivity index (χ4v) is 2.88. The minimum atomic E-state index is 0.0185. The number of anilines is 1. The molecule has 1 aromatic carbocycles. The number of nitrogens with zero attached hydrogens (tertiary/aromatic N) is 7. The van der Waals surface area contributed by atoms with Crippen LogP contribution >= 0.6 is 0 Å². The molecule has 1 fully saturated rings. The van der Waals surface area contributed by atoms with E-state index in [4.69, 9.17) is 4.63 Å². The number of rotatable bonds is 3. The maximum absolute atomic E-state index is 12.5.